The number of ether oxygens (including phenoxy) is 2. The first kappa shape index (κ1) is 30.9. The van der Waals surface area contributed by atoms with Crippen molar-refractivity contribution in [2.75, 3.05) is 17.7 Å². The highest BCUT2D eigenvalue weighted by Gasteiger charge is 2.19. The maximum Gasteiger partial charge on any atom is 0.234 e. The first-order valence-electron chi connectivity index (χ1n) is 14.1. The summed E-state index contributed by atoms with van der Waals surface area (Å²) in [6.45, 7) is 4.76. The van der Waals surface area contributed by atoms with Gasteiger partial charge in [0, 0.05) is 15.6 Å². The first-order valence-corrected chi connectivity index (χ1v) is 15.9. The molecule has 44 heavy (non-hydrogen) atoms. The van der Waals surface area contributed by atoms with Crippen LogP contribution in [0.25, 0.3) is 22.4 Å². The van der Waals surface area contributed by atoms with E-state index in [4.69, 9.17) is 14.5 Å². The number of hydrogen-bond acceptors (Lipinski definition) is 6. The van der Waals surface area contributed by atoms with Gasteiger partial charge in [-0.2, -0.15) is 5.26 Å². The zero-order valence-electron chi connectivity index (χ0n) is 24.3. The van der Waals surface area contributed by atoms with E-state index in [0.29, 0.717) is 52.2 Å². The van der Waals surface area contributed by atoms with Crippen LogP contribution in [0.2, 0.25) is 0 Å². The number of anilines is 1. The van der Waals surface area contributed by atoms with Crippen LogP contribution in [0.3, 0.4) is 0 Å². The van der Waals surface area contributed by atoms with Gasteiger partial charge in [0.2, 0.25) is 5.91 Å². The van der Waals surface area contributed by atoms with Crippen LogP contribution in [0.15, 0.2) is 113 Å². The second-order valence-corrected chi connectivity index (χ2v) is 11.7. The standard InChI is InChI=1S/C36H30BrN3O3S/c1-3-42-34-19-27(15-17-33(34)43-22-25-10-6-4-7-11-25)28-20-32(26-12-8-5-9-13-26)40-36(29(28)21-38)44-23-35(41)39-31-16-14-24(2)18-30(31)37/h4-20H,3,22-23H2,1-2H3,(H,39,41). The lowest BCUT2D eigenvalue weighted by molar-refractivity contribution is -0.113. The maximum atomic E-state index is 13.0. The smallest absolute Gasteiger partial charge is 0.234 e. The molecular weight excluding hydrogens is 634 g/mol. The summed E-state index contributed by atoms with van der Waals surface area (Å²) in [7, 11) is 0. The number of nitriles is 1. The third-order valence-corrected chi connectivity index (χ3v) is 8.33. The van der Waals surface area contributed by atoms with E-state index < -0.39 is 0 Å². The fraction of sp³-hybridized carbons (Fsp3) is 0.139. The molecule has 0 radical (unpaired) electrons. The number of benzene rings is 4. The number of nitrogens with one attached hydrogen (secondary N) is 1. The number of halogens is 1. The van der Waals surface area contributed by atoms with Gasteiger partial charge in [0.25, 0.3) is 0 Å². The van der Waals surface area contributed by atoms with Crippen molar-refractivity contribution in [2.45, 2.75) is 25.5 Å². The normalized spacial score (nSPS) is 10.6. The number of pyridine rings is 1. The number of carbonyl (C=O) groups is 1. The zero-order chi connectivity index (χ0) is 30.9. The molecule has 0 aliphatic heterocycles. The number of hydrogen-bond donors (Lipinski definition) is 1. The number of amides is 1. The van der Waals surface area contributed by atoms with Gasteiger partial charge in [-0.3, -0.25) is 4.79 Å². The molecule has 0 aliphatic rings. The van der Waals surface area contributed by atoms with Gasteiger partial charge in [0.05, 0.1) is 29.3 Å². The molecular formula is C36H30BrN3O3S. The molecule has 220 valence electrons. The summed E-state index contributed by atoms with van der Waals surface area (Å²) in [6, 6.07) is 35.4. The zero-order valence-corrected chi connectivity index (χ0v) is 26.7. The van der Waals surface area contributed by atoms with E-state index in [2.05, 4.69) is 27.3 Å². The molecule has 8 heteroatoms. The summed E-state index contributed by atoms with van der Waals surface area (Å²) in [5, 5.41) is 13.8. The van der Waals surface area contributed by atoms with Crippen molar-refractivity contribution in [3.8, 4) is 40.0 Å². The second kappa shape index (κ2) is 14.7. The van der Waals surface area contributed by atoms with Crippen LogP contribution in [-0.2, 0) is 11.4 Å². The fourth-order valence-electron chi connectivity index (χ4n) is 4.56. The number of carbonyl (C=O) groups excluding carboxylic acids is 1. The summed E-state index contributed by atoms with van der Waals surface area (Å²) in [5.41, 5.74) is 6.29. The number of aryl methyl sites for hydroxylation is 1. The molecule has 0 bridgehead atoms. The summed E-state index contributed by atoms with van der Waals surface area (Å²) >= 11 is 4.74. The average Bonchev–Trinajstić information content (AvgIpc) is 3.05. The number of nitrogens with zero attached hydrogens (tertiary/aromatic N) is 2. The third kappa shape index (κ3) is 7.67. The fourth-order valence-corrected chi connectivity index (χ4v) is 5.95. The molecule has 0 saturated heterocycles. The maximum absolute atomic E-state index is 13.0. The SMILES string of the molecule is CCOc1cc(-c2cc(-c3ccccc3)nc(SCC(=O)Nc3ccc(C)cc3Br)c2C#N)ccc1OCc1ccccc1. The van der Waals surface area contributed by atoms with Gasteiger partial charge in [0.15, 0.2) is 11.5 Å². The predicted molar refractivity (Wildman–Crippen MR) is 180 cm³/mol. The highest BCUT2D eigenvalue weighted by molar-refractivity contribution is 9.10. The predicted octanol–water partition coefficient (Wildman–Crippen LogP) is 9.07. The van der Waals surface area contributed by atoms with E-state index in [1.807, 2.05) is 117 Å². The summed E-state index contributed by atoms with van der Waals surface area (Å²) in [4.78, 5) is 17.8. The Bertz CT molecular complexity index is 1810. The van der Waals surface area contributed by atoms with E-state index in [0.717, 1.165) is 26.7 Å². The third-order valence-electron chi connectivity index (χ3n) is 6.70. The van der Waals surface area contributed by atoms with Crippen molar-refractivity contribution in [3.63, 3.8) is 0 Å². The monoisotopic (exact) mass is 663 g/mol. The molecule has 0 atom stereocenters. The van der Waals surface area contributed by atoms with Gasteiger partial charge in [-0.25, -0.2) is 4.98 Å². The molecule has 6 nitrogen and oxygen atoms in total. The van der Waals surface area contributed by atoms with Crippen molar-refractivity contribution >= 4 is 39.3 Å². The summed E-state index contributed by atoms with van der Waals surface area (Å²) in [5.74, 6) is 1.08. The Hall–Kier alpha value is -4.58. The minimum Gasteiger partial charge on any atom is -0.490 e. The van der Waals surface area contributed by atoms with E-state index in [1.54, 1.807) is 0 Å². The molecule has 0 spiro atoms. The van der Waals surface area contributed by atoms with E-state index in [-0.39, 0.29) is 11.7 Å². The van der Waals surface area contributed by atoms with Crippen molar-refractivity contribution in [1.82, 2.24) is 4.98 Å². The van der Waals surface area contributed by atoms with E-state index in [1.165, 1.54) is 11.8 Å². The molecule has 0 fully saturated rings. The Labute approximate surface area is 270 Å². The molecule has 1 heterocycles. The van der Waals surface area contributed by atoms with Crippen LogP contribution >= 0.6 is 27.7 Å². The molecule has 1 amide bonds. The Kier molecular flexibility index (Phi) is 10.3. The number of thioether (sulfide) groups is 1. The Balaban J connectivity index is 1.48. The van der Waals surface area contributed by atoms with E-state index >= 15 is 0 Å². The highest BCUT2D eigenvalue weighted by Crippen LogP contribution is 2.38. The van der Waals surface area contributed by atoms with Gasteiger partial charge < -0.3 is 14.8 Å². The molecule has 4 aromatic carbocycles. The van der Waals surface area contributed by atoms with Crippen LogP contribution in [0.5, 0.6) is 11.5 Å². The molecule has 0 unspecified atom stereocenters. The Morgan fingerprint density at radius 3 is 2.36 bits per heavy atom. The lowest BCUT2D eigenvalue weighted by Crippen LogP contribution is -2.14. The lowest BCUT2D eigenvalue weighted by atomic mass is 9.99. The Morgan fingerprint density at radius 1 is 0.909 bits per heavy atom. The Morgan fingerprint density at radius 2 is 1.66 bits per heavy atom. The van der Waals surface area contributed by atoms with Gasteiger partial charge in [-0.1, -0.05) is 84.6 Å². The van der Waals surface area contributed by atoms with Gasteiger partial charge in [0.1, 0.15) is 17.7 Å². The molecule has 1 N–H and O–H groups in total. The number of aromatic nitrogens is 1. The van der Waals surface area contributed by atoms with Crippen molar-refractivity contribution in [2.24, 2.45) is 0 Å². The van der Waals surface area contributed by atoms with Gasteiger partial charge in [-0.15, -0.1) is 0 Å². The molecule has 5 rings (SSSR count). The summed E-state index contributed by atoms with van der Waals surface area (Å²) < 4.78 is 12.9. The van der Waals surface area contributed by atoms with Crippen LogP contribution in [-0.4, -0.2) is 23.3 Å². The average molecular weight is 665 g/mol. The van der Waals surface area contributed by atoms with Gasteiger partial charge in [-0.05, 0) is 76.8 Å². The number of rotatable bonds is 11. The van der Waals surface area contributed by atoms with Crippen molar-refractivity contribution in [1.29, 1.82) is 5.26 Å². The lowest BCUT2D eigenvalue weighted by Gasteiger charge is -2.16. The van der Waals surface area contributed by atoms with Crippen LogP contribution in [0, 0.1) is 18.3 Å². The van der Waals surface area contributed by atoms with Crippen LogP contribution < -0.4 is 14.8 Å². The first-order chi connectivity index (χ1) is 21.4. The van der Waals surface area contributed by atoms with Crippen molar-refractivity contribution < 1.29 is 14.3 Å². The van der Waals surface area contributed by atoms with Crippen LogP contribution in [0.1, 0.15) is 23.6 Å². The quantitative estimate of drug-likeness (QED) is 0.142. The highest BCUT2D eigenvalue weighted by atomic mass is 79.9. The molecule has 1 aromatic heterocycles. The molecule has 0 aliphatic carbocycles. The minimum atomic E-state index is -0.199. The van der Waals surface area contributed by atoms with Crippen molar-refractivity contribution in [3.05, 3.63) is 124 Å². The topological polar surface area (TPSA) is 84.2 Å². The molecule has 0 saturated carbocycles. The van der Waals surface area contributed by atoms with E-state index in [9.17, 15) is 10.1 Å². The largest absolute Gasteiger partial charge is 0.490 e. The second-order valence-electron chi connectivity index (χ2n) is 9.90. The van der Waals surface area contributed by atoms with Crippen LogP contribution in [0.4, 0.5) is 5.69 Å². The molecule has 5 aromatic rings. The van der Waals surface area contributed by atoms with Gasteiger partial charge >= 0.3 is 0 Å². The minimum absolute atomic E-state index is 0.0795. The summed E-state index contributed by atoms with van der Waals surface area (Å²) in [6.07, 6.45) is 0.